The molecule has 14 heteroatoms. The van der Waals surface area contributed by atoms with E-state index in [0.29, 0.717) is 24.1 Å². The molecule has 5 aromatic rings. The van der Waals surface area contributed by atoms with Crippen LogP contribution in [0, 0.1) is 0 Å². The summed E-state index contributed by atoms with van der Waals surface area (Å²) in [6, 6.07) is 16.3. The molecule has 3 saturated carbocycles. The number of aromatic nitrogens is 2. The summed E-state index contributed by atoms with van der Waals surface area (Å²) >= 11 is -1.72. The van der Waals surface area contributed by atoms with E-state index in [0.717, 1.165) is 59.0 Å². The Morgan fingerprint density at radius 3 is 1.43 bits per heavy atom. The average molecular weight is 745 g/mol. The van der Waals surface area contributed by atoms with Gasteiger partial charge < -0.3 is 24.8 Å². The van der Waals surface area contributed by atoms with E-state index in [1.807, 2.05) is 24.3 Å². The van der Waals surface area contributed by atoms with Crippen LogP contribution in [0.4, 0.5) is 5.69 Å². The number of aliphatic carboxylic acids is 1. The Morgan fingerprint density at radius 1 is 0.714 bits per heavy atom. The second kappa shape index (κ2) is 15.1. The van der Waals surface area contributed by atoms with E-state index in [1.54, 1.807) is 44.2 Å². The summed E-state index contributed by atoms with van der Waals surface area (Å²) in [6.45, 7) is 3.27. The van der Waals surface area contributed by atoms with Crippen LogP contribution in [0.15, 0.2) is 76.2 Å². The molecule has 2 aromatic heterocycles. The van der Waals surface area contributed by atoms with E-state index >= 15 is 0 Å². The number of oxazole rings is 2. The standard InChI is InChI=1S/C12H11NO2.C11H9NO3.C11H13NO2.CH4.Al.3ClH/c1-8(14)12(4-5-12)9-2-3-11-10(6-9)13-7-15-11;13-10(14)11(3-4-11)7-1-2-9-8(5-7)12-6-15-9;1-7(13)11(4-5-11)8-2-3-10(14)9(12)6-8;;;;;/h2-3,6-7H,4-5H2,1H3;1-2,5-6H,3-4H2,(H,13,14);2-3,6,14H,4-5,12H2,1H3;1H4;;3*1H/q;;;;+3;;;/p-3. The monoisotopic (exact) mass is 743 g/mol. The van der Waals surface area contributed by atoms with Crippen molar-refractivity contribution in [3.05, 3.63) is 84.1 Å². The number of phenols is 1. The third-order valence-electron chi connectivity index (χ3n) is 9.35. The Labute approximate surface area is 300 Å². The van der Waals surface area contributed by atoms with Gasteiger partial charge in [-0.25, -0.2) is 40.1 Å². The Balaban J connectivity index is 0.000000156. The maximum atomic E-state index is 11.6. The maximum absolute atomic E-state index is 11.6. The minimum atomic E-state index is -1.72. The normalized spacial score (nSPS) is 16.6. The Hall–Kier alpha value is -3.59. The fraction of sp³-hybridized carbons (Fsp3) is 0.343. The second-order valence-electron chi connectivity index (χ2n) is 12.3. The summed E-state index contributed by atoms with van der Waals surface area (Å²) in [7, 11) is 14.8. The van der Waals surface area contributed by atoms with Gasteiger partial charge in [0.2, 0.25) is 0 Å². The van der Waals surface area contributed by atoms with Gasteiger partial charge >= 0.3 is 17.4 Å². The molecule has 0 bridgehead atoms. The van der Waals surface area contributed by atoms with Crippen molar-refractivity contribution in [2.75, 3.05) is 5.73 Å². The first kappa shape index (κ1) is 38.2. The molecule has 2 heterocycles. The molecule has 0 radical (unpaired) electrons. The highest BCUT2D eigenvalue weighted by Gasteiger charge is 2.52. The summed E-state index contributed by atoms with van der Waals surface area (Å²) in [5.41, 5.74) is 10.6. The number of carbonyl (C=O) groups is 3. The minimum Gasteiger partial charge on any atom is -0.506 e. The minimum absolute atomic E-state index is 0. The van der Waals surface area contributed by atoms with Gasteiger partial charge in [-0.3, -0.25) is 14.4 Å². The first-order valence-electron chi connectivity index (χ1n) is 15.2. The molecular weight excluding hydrogens is 708 g/mol. The molecule has 0 amide bonds. The highest BCUT2D eigenvalue weighted by atomic mass is 35.8. The molecule has 0 aliphatic heterocycles. The van der Waals surface area contributed by atoms with Gasteiger partial charge in [0.1, 0.15) is 28.3 Å². The van der Waals surface area contributed by atoms with Gasteiger partial charge in [-0.05, 0) is 105 Å². The number of aromatic hydroxyl groups is 1. The second-order valence-corrected chi connectivity index (χ2v) is 18.7. The lowest BCUT2D eigenvalue weighted by atomic mass is 9.92. The summed E-state index contributed by atoms with van der Waals surface area (Å²) < 4.78 is 10.3. The zero-order valence-electron chi connectivity index (χ0n) is 26.2. The van der Waals surface area contributed by atoms with E-state index < -0.39 is 22.8 Å². The van der Waals surface area contributed by atoms with Crippen LogP contribution >= 0.6 is 30.1 Å². The highest BCUT2D eigenvalue weighted by Crippen LogP contribution is 2.51. The van der Waals surface area contributed by atoms with E-state index in [1.165, 1.54) is 12.8 Å². The molecule has 3 aliphatic rings. The predicted molar refractivity (Wildman–Crippen MR) is 192 cm³/mol. The van der Waals surface area contributed by atoms with Crippen LogP contribution in [-0.4, -0.2) is 49.1 Å². The number of carboxylic acids is 1. The SMILES string of the molecule is C.CC(=O)C1(c2ccc(O)c(N)c2)CC1.CC(=O)C1(c2ccc3ocnc3c2)CC1.O=C(O)C1(c2ccc3ocnc3c2)CC1.[Cl][Al]([Cl])[Cl]. The van der Waals surface area contributed by atoms with Gasteiger partial charge in [0.05, 0.1) is 21.9 Å². The van der Waals surface area contributed by atoms with Crippen LogP contribution in [0.1, 0.15) is 76.5 Å². The fourth-order valence-electron chi connectivity index (χ4n) is 5.85. The molecule has 0 atom stereocenters. The van der Waals surface area contributed by atoms with Crippen molar-refractivity contribution in [2.24, 2.45) is 0 Å². The first-order chi connectivity index (χ1) is 22.7. The lowest BCUT2D eigenvalue weighted by Gasteiger charge is -2.12. The topological polar surface area (TPSA) is 170 Å². The zero-order valence-corrected chi connectivity index (χ0v) is 29.6. The van der Waals surface area contributed by atoms with Crippen molar-refractivity contribution < 1.29 is 33.4 Å². The molecule has 3 aromatic carbocycles. The van der Waals surface area contributed by atoms with Crippen LogP contribution in [0.5, 0.6) is 5.75 Å². The molecule has 3 fully saturated rings. The number of fused-ring (bicyclic) bond motifs is 2. The van der Waals surface area contributed by atoms with Crippen LogP contribution in [0.3, 0.4) is 0 Å². The number of nitrogen functional groups attached to an aromatic ring is 1. The Bertz CT molecular complexity index is 1880. The number of rotatable bonds is 6. The molecule has 0 saturated heterocycles. The van der Waals surface area contributed by atoms with Crippen molar-refractivity contribution in [3.63, 3.8) is 0 Å². The quantitative estimate of drug-likeness (QED) is 0.0873. The number of carbonyl (C=O) groups excluding carboxylic acids is 2. The van der Waals surface area contributed by atoms with E-state index in [-0.39, 0.29) is 35.6 Å². The van der Waals surface area contributed by atoms with Gasteiger partial charge in [0, 0.05) is 0 Å². The number of carboxylic acid groups (broad SMARTS) is 1. The Morgan fingerprint density at radius 2 is 1.08 bits per heavy atom. The molecule has 49 heavy (non-hydrogen) atoms. The molecule has 10 nitrogen and oxygen atoms in total. The van der Waals surface area contributed by atoms with Crippen molar-refractivity contribution in [2.45, 2.75) is 76.0 Å². The molecular formula is C35H37AlCl3N3O7. The number of anilines is 1. The summed E-state index contributed by atoms with van der Waals surface area (Å²) in [4.78, 5) is 42.2. The third-order valence-corrected chi connectivity index (χ3v) is 9.35. The molecule has 8 rings (SSSR count). The van der Waals surface area contributed by atoms with E-state index in [4.69, 9.17) is 49.8 Å². The number of hydrogen-bond acceptors (Lipinski definition) is 9. The van der Waals surface area contributed by atoms with E-state index in [9.17, 15) is 19.5 Å². The lowest BCUT2D eigenvalue weighted by molar-refractivity contribution is -0.140. The van der Waals surface area contributed by atoms with Gasteiger partial charge in [-0.1, -0.05) is 25.6 Å². The predicted octanol–water partition coefficient (Wildman–Crippen LogP) is 8.31. The van der Waals surface area contributed by atoms with Gasteiger partial charge in [0.25, 0.3) is 0 Å². The van der Waals surface area contributed by atoms with Crippen molar-refractivity contribution >= 4 is 87.0 Å². The number of hydrogen-bond donors (Lipinski definition) is 3. The zero-order chi connectivity index (χ0) is 34.9. The number of nitrogens with zero attached hydrogens (tertiary/aromatic N) is 2. The van der Waals surface area contributed by atoms with Crippen molar-refractivity contribution in [1.82, 2.24) is 9.97 Å². The lowest BCUT2D eigenvalue weighted by Crippen LogP contribution is -2.19. The fourth-order valence-corrected chi connectivity index (χ4v) is 5.85. The van der Waals surface area contributed by atoms with Crippen molar-refractivity contribution in [1.29, 1.82) is 0 Å². The number of halogens is 3. The molecule has 258 valence electrons. The van der Waals surface area contributed by atoms with Gasteiger partial charge in [-0.2, -0.15) is 0 Å². The Kier molecular flexibility index (Phi) is 11.8. The number of Topliss-reactive ketones (excluding diaryl/α,β-unsaturated/α-hetero) is 2. The molecule has 4 N–H and O–H groups in total. The van der Waals surface area contributed by atoms with Crippen LogP contribution < -0.4 is 5.73 Å². The van der Waals surface area contributed by atoms with Crippen molar-refractivity contribution in [3.8, 4) is 5.75 Å². The average Bonchev–Trinajstić information content (AvgIpc) is 3.98. The van der Waals surface area contributed by atoms with Crippen LogP contribution in [0.2, 0.25) is 0 Å². The van der Waals surface area contributed by atoms with Crippen LogP contribution in [0.25, 0.3) is 22.2 Å². The summed E-state index contributed by atoms with van der Waals surface area (Å²) in [5.74, 6) is -0.230. The van der Waals surface area contributed by atoms with Crippen LogP contribution in [-0.2, 0) is 30.6 Å². The summed E-state index contributed by atoms with van der Waals surface area (Å²) in [5, 5.41) is 18.4. The number of phenolic OH excluding ortho intramolecular Hbond substituents is 1. The number of ketones is 2. The summed E-state index contributed by atoms with van der Waals surface area (Å²) in [6.07, 6.45) is 7.95. The maximum Gasteiger partial charge on any atom is 0.643 e. The third kappa shape index (κ3) is 8.25. The first-order valence-corrected chi connectivity index (χ1v) is 20.4. The van der Waals surface area contributed by atoms with E-state index in [2.05, 4.69) is 9.97 Å². The molecule has 0 spiro atoms. The van der Waals surface area contributed by atoms with Gasteiger partial charge in [0.15, 0.2) is 24.0 Å². The van der Waals surface area contributed by atoms with Gasteiger partial charge in [-0.15, -0.1) is 0 Å². The largest absolute Gasteiger partial charge is 0.643 e. The number of nitrogens with two attached hydrogens (primary N) is 1. The molecule has 3 aliphatic carbocycles. The number of benzene rings is 3. The smallest absolute Gasteiger partial charge is 0.506 e. The molecule has 0 unspecified atom stereocenters. The highest BCUT2D eigenvalue weighted by molar-refractivity contribution is 7.54.